The van der Waals surface area contributed by atoms with Gasteiger partial charge in [-0.15, -0.1) is 0 Å². The van der Waals surface area contributed by atoms with Gasteiger partial charge in [-0.05, 0) is 18.1 Å². The normalized spacial score (nSPS) is 10.3. The van der Waals surface area contributed by atoms with E-state index in [1.165, 1.54) is 11.8 Å². The SMILES string of the molecule is CCN(Cc1ccccc1)c1cnc(C(=O)NCc2ccccc2)cn1. The van der Waals surface area contributed by atoms with E-state index in [-0.39, 0.29) is 5.91 Å². The van der Waals surface area contributed by atoms with Gasteiger partial charge < -0.3 is 10.2 Å². The fourth-order valence-corrected chi connectivity index (χ4v) is 2.63. The maximum absolute atomic E-state index is 12.2. The molecule has 3 aromatic rings. The summed E-state index contributed by atoms with van der Waals surface area (Å²) >= 11 is 0. The summed E-state index contributed by atoms with van der Waals surface area (Å²) in [5, 5.41) is 2.86. The number of nitrogens with zero attached hydrogens (tertiary/aromatic N) is 3. The molecule has 0 aliphatic rings. The zero-order valence-electron chi connectivity index (χ0n) is 14.8. The number of benzene rings is 2. The van der Waals surface area contributed by atoms with Crippen molar-refractivity contribution in [2.24, 2.45) is 0 Å². The van der Waals surface area contributed by atoms with E-state index in [1.807, 2.05) is 48.5 Å². The zero-order chi connectivity index (χ0) is 18.2. The van der Waals surface area contributed by atoms with Crippen LogP contribution in [-0.2, 0) is 13.1 Å². The van der Waals surface area contributed by atoms with Crippen LogP contribution in [0.1, 0.15) is 28.5 Å². The molecule has 0 bridgehead atoms. The molecule has 0 saturated carbocycles. The number of aromatic nitrogens is 2. The van der Waals surface area contributed by atoms with Gasteiger partial charge in [-0.25, -0.2) is 9.97 Å². The Kier molecular flexibility index (Phi) is 5.93. The van der Waals surface area contributed by atoms with Gasteiger partial charge in [0, 0.05) is 19.6 Å². The van der Waals surface area contributed by atoms with Crippen molar-refractivity contribution in [2.75, 3.05) is 11.4 Å². The van der Waals surface area contributed by atoms with Crippen LogP contribution in [0.15, 0.2) is 73.1 Å². The minimum atomic E-state index is -0.223. The van der Waals surface area contributed by atoms with E-state index < -0.39 is 0 Å². The quantitative estimate of drug-likeness (QED) is 0.712. The zero-order valence-corrected chi connectivity index (χ0v) is 14.8. The Balaban J connectivity index is 1.62. The Bertz CT molecular complexity index is 820. The van der Waals surface area contributed by atoms with Crippen molar-refractivity contribution in [3.63, 3.8) is 0 Å². The van der Waals surface area contributed by atoms with Gasteiger partial charge >= 0.3 is 0 Å². The number of anilines is 1. The summed E-state index contributed by atoms with van der Waals surface area (Å²) in [4.78, 5) is 23.1. The van der Waals surface area contributed by atoms with Crippen LogP contribution in [0.5, 0.6) is 0 Å². The molecule has 0 saturated heterocycles. The lowest BCUT2D eigenvalue weighted by Gasteiger charge is -2.21. The van der Waals surface area contributed by atoms with E-state index >= 15 is 0 Å². The lowest BCUT2D eigenvalue weighted by atomic mass is 10.2. The number of amides is 1. The van der Waals surface area contributed by atoms with Gasteiger partial charge in [0.1, 0.15) is 11.5 Å². The Hall–Kier alpha value is -3.21. The number of rotatable bonds is 7. The maximum atomic E-state index is 12.2. The van der Waals surface area contributed by atoms with Gasteiger partial charge in [0.2, 0.25) is 0 Å². The van der Waals surface area contributed by atoms with E-state index in [4.69, 9.17) is 0 Å². The van der Waals surface area contributed by atoms with Crippen LogP contribution in [0, 0.1) is 0 Å². The van der Waals surface area contributed by atoms with Crippen molar-refractivity contribution >= 4 is 11.7 Å². The highest BCUT2D eigenvalue weighted by molar-refractivity contribution is 5.91. The van der Waals surface area contributed by atoms with Crippen LogP contribution in [0.2, 0.25) is 0 Å². The highest BCUT2D eigenvalue weighted by atomic mass is 16.1. The highest BCUT2D eigenvalue weighted by Crippen LogP contribution is 2.13. The first-order valence-electron chi connectivity index (χ1n) is 8.69. The number of carbonyl (C=O) groups is 1. The van der Waals surface area contributed by atoms with Gasteiger partial charge in [0.25, 0.3) is 5.91 Å². The summed E-state index contributed by atoms with van der Waals surface area (Å²) in [6.45, 7) is 4.11. The molecule has 0 unspecified atom stereocenters. The molecule has 0 radical (unpaired) electrons. The average Bonchev–Trinajstić information content (AvgIpc) is 2.72. The molecular weight excluding hydrogens is 324 g/mol. The van der Waals surface area contributed by atoms with Crippen LogP contribution in [0.4, 0.5) is 5.82 Å². The second-order valence-electron chi connectivity index (χ2n) is 5.93. The Morgan fingerprint density at radius 1 is 0.923 bits per heavy atom. The van der Waals surface area contributed by atoms with E-state index in [0.717, 1.165) is 24.5 Å². The molecule has 2 aromatic carbocycles. The molecule has 0 aliphatic carbocycles. The van der Waals surface area contributed by atoms with E-state index in [9.17, 15) is 4.79 Å². The van der Waals surface area contributed by atoms with Crippen LogP contribution in [0.3, 0.4) is 0 Å². The minimum absolute atomic E-state index is 0.223. The van der Waals surface area contributed by atoms with Crippen molar-refractivity contribution in [1.82, 2.24) is 15.3 Å². The molecule has 0 fully saturated rings. The second-order valence-corrected chi connectivity index (χ2v) is 5.93. The lowest BCUT2D eigenvalue weighted by Crippen LogP contribution is -2.26. The van der Waals surface area contributed by atoms with Gasteiger partial charge in [-0.2, -0.15) is 0 Å². The topological polar surface area (TPSA) is 58.1 Å². The molecule has 1 aromatic heterocycles. The molecular formula is C21H22N4O. The Morgan fingerprint density at radius 2 is 1.58 bits per heavy atom. The highest BCUT2D eigenvalue weighted by Gasteiger charge is 2.11. The van der Waals surface area contributed by atoms with Crippen LogP contribution in [0.25, 0.3) is 0 Å². The molecule has 0 aliphatic heterocycles. The first-order chi connectivity index (χ1) is 12.8. The number of carbonyl (C=O) groups excluding carboxylic acids is 1. The van der Waals surface area contributed by atoms with Gasteiger partial charge in [0.15, 0.2) is 0 Å². The number of hydrogen-bond donors (Lipinski definition) is 1. The van der Waals surface area contributed by atoms with E-state index in [2.05, 4.69) is 39.2 Å². The van der Waals surface area contributed by atoms with E-state index in [0.29, 0.717) is 12.2 Å². The summed E-state index contributed by atoms with van der Waals surface area (Å²) in [5.41, 5.74) is 2.58. The van der Waals surface area contributed by atoms with Crippen molar-refractivity contribution in [1.29, 1.82) is 0 Å². The summed E-state index contributed by atoms with van der Waals surface area (Å²) < 4.78 is 0. The predicted octanol–water partition coefficient (Wildman–Crippen LogP) is 3.43. The third-order valence-electron chi connectivity index (χ3n) is 4.09. The molecule has 5 heteroatoms. The van der Waals surface area contributed by atoms with Crippen molar-refractivity contribution in [3.05, 3.63) is 89.9 Å². The molecule has 132 valence electrons. The molecule has 0 atom stereocenters. The largest absolute Gasteiger partial charge is 0.351 e. The van der Waals surface area contributed by atoms with Crippen molar-refractivity contribution in [2.45, 2.75) is 20.0 Å². The molecule has 0 spiro atoms. The van der Waals surface area contributed by atoms with Crippen LogP contribution >= 0.6 is 0 Å². The minimum Gasteiger partial charge on any atom is -0.351 e. The molecule has 3 rings (SSSR count). The molecule has 1 N–H and O–H groups in total. The molecule has 1 amide bonds. The third kappa shape index (κ3) is 4.66. The van der Waals surface area contributed by atoms with Gasteiger partial charge in [0.05, 0.1) is 12.4 Å². The second kappa shape index (κ2) is 8.76. The fourth-order valence-electron chi connectivity index (χ4n) is 2.63. The first kappa shape index (κ1) is 17.6. The number of nitrogens with one attached hydrogen (secondary N) is 1. The smallest absolute Gasteiger partial charge is 0.271 e. The maximum Gasteiger partial charge on any atom is 0.271 e. The van der Waals surface area contributed by atoms with E-state index in [1.54, 1.807) is 6.20 Å². The molecule has 5 nitrogen and oxygen atoms in total. The summed E-state index contributed by atoms with van der Waals surface area (Å²) in [6.07, 6.45) is 3.19. The summed E-state index contributed by atoms with van der Waals surface area (Å²) in [6, 6.07) is 20.0. The monoisotopic (exact) mass is 346 g/mol. The summed E-state index contributed by atoms with van der Waals surface area (Å²) in [5.74, 6) is 0.537. The Morgan fingerprint density at radius 3 is 2.15 bits per heavy atom. The Labute approximate surface area is 153 Å². The van der Waals surface area contributed by atoms with Crippen LogP contribution < -0.4 is 10.2 Å². The first-order valence-corrected chi connectivity index (χ1v) is 8.69. The standard InChI is InChI=1S/C21H22N4O/c1-2-25(16-18-11-7-4-8-12-18)20-15-22-19(14-23-20)21(26)24-13-17-9-5-3-6-10-17/h3-12,14-15H,2,13,16H2,1H3,(H,24,26). The predicted molar refractivity (Wildman–Crippen MR) is 103 cm³/mol. The fraction of sp³-hybridized carbons (Fsp3) is 0.190. The van der Waals surface area contributed by atoms with Crippen molar-refractivity contribution in [3.8, 4) is 0 Å². The van der Waals surface area contributed by atoms with Crippen molar-refractivity contribution < 1.29 is 4.79 Å². The third-order valence-corrected chi connectivity index (χ3v) is 4.09. The average molecular weight is 346 g/mol. The lowest BCUT2D eigenvalue weighted by molar-refractivity contribution is 0.0945. The van der Waals surface area contributed by atoms with Gasteiger partial charge in [-0.1, -0.05) is 60.7 Å². The number of hydrogen-bond acceptors (Lipinski definition) is 4. The molecule has 1 heterocycles. The van der Waals surface area contributed by atoms with Gasteiger partial charge in [-0.3, -0.25) is 4.79 Å². The summed E-state index contributed by atoms with van der Waals surface area (Å²) in [7, 11) is 0. The van der Waals surface area contributed by atoms with Crippen LogP contribution in [-0.4, -0.2) is 22.4 Å². The molecule has 26 heavy (non-hydrogen) atoms.